The monoisotopic (exact) mass is 263 g/mol. The Labute approximate surface area is 100 Å². The highest BCUT2D eigenvalue weighted by molar-refractivity contribution is 7.94. The number of hydrogen-bond donors (Lipinski definition) is 2. The molecule has 0 aromatic heterocycles. The Hall–Kier alpha value is -0.940. The van der Waals surface area contributed by atoms with E-state index in [0.29, 0.717) is 0 Å². The van der Waals surface area contributed by atoms with Gasteiger partial charge in [0.1, 0.15) is 5.75 Å². The first-order valence-corrected chi connectivity index (χ1v) is 6.50. The molecule has 16 heavy (non-hydrogen) atoms. The van der Waals surface area contributed by atoms with Gasteiger partial charge in [0.25, 0.3) is 0 Å². The van der Waals surface area contributed by atoms with Crippen molar-refractivity contribution in [1.82, 2.24) is 0 Å². The van der Waals surface area contributed by atoms with Crippen LogP contribution in [0.3, 0.4) is 0 Å². The summed E-state index contributed by atoms with van der Waals surface area (Å²) in [4.78, 5) is 0. The fraction of sp³-hybridized carbons (Fsp3) is 0.400. The van der Waals surface area contributed by atoms with Crippen molar-refractivity contribution < 1.29 is 13.5 Å². The van der Waals surface area contributed by atoms with Crippen LogP contribution in [-0.2, 0) is 10.0 Å². The van der Waals surface area contributed by atoms with Gasteiger partial charge in [-0.1, -0.05) is 11.6 Å². The quantitative estimate of drug-likeness (QED) is 0.806. The molecule has 0 saturated heterocycles. The van der Waals surface area contributed by atoms with Crippen LogP contribution in [0.2, 0.25) is 5.02 Å². The first-order valence-electron chi connectivity index (χ1n) is 4.64. The molecule has 1 aromatic rings. The Morgan fingerprint density at radius 2 is 1.88 bits per heavy atom. The number of rotatable bonds is 2. The molecule has 1 rings (SSSR count). The molecule has 1 aromatic carbocycles. The second-order valence-corrected chi connectivity index (χ2v) is 7.22. The van der Waals surface area contributed by atoms with Crippen LogP contribution in [0.1, 0.15) is 20.8 Å². The molecular formula is C10H14ClNO3S. The van der Waals surface area contributed by atoms with Crippen molar-refractivity contribution in [3.8, 4) is 5.75 Å². The topological polar surface area (TPSA) is 66.4 Å². The second-order valence-electron chi connectivity index (χ2n) is 4.38. The zero-order valence-electron chi connectivity index (χ0n) is 9.28. The minimum absolute atomic E-state index is 0.0105. The van der Waals surface area contributed by atoms with Crippen LogP contribution in [0.4, 0.5) is 5.69 Å². The van der Waals surface area contributed by atoms with E-state index in [9.17, 15) is 8.42 Å². The minimum atomic E-state index is -3.50. The summed E-state index contributed by atoms with van der Waals surface area (Å²) in [5, 5.41) is 9.29. The van der Waals surface area contributed by atoms with Gasteiger partial charge in [-0.15, -0.1) is 0 Å². The lowest BCUT2D eigenvalue weighted by atomic mass is 10.3. The summed E-state index contributed by atoms with van der Waals surface area (Å²) < 4.78 is 25.1. The standard InChI is InChI=1S/C10H14ClNO3S/c1-10(2,3)16(14,15)12-9-5-4-7(13)6-8(9)11/h4-6,12-13H,1-3H3. The predicted octanol–water partition coefficient (Wildman–Crippen LogP) is 2.59. The lowest BCUT2D eigenvalue weighted by Gasteiger charge is -2.20. The molecule has 0 radical (unpaired) electrons. The van der Waals surface area contributed by atoms with Crippen molar-refractivity contribution in [3.05, 3.63) is 23.2 Å². The zero-order valence-corrected chi connectivity index (χ0v) is 10.9. The Balaban J connectivity index is 3.07. The largest absolute Gasteiger partial charge is 0.508 e. The van der Waals surface area contributed by atoms with E-state index in [4.69, 9.17) is 16.7 Å². The number of halogens is 1. The molecule has 6 heteroatoms. The Bertz CT molecular complexity index is 491. The molecule has 0 spiro atoms. The van der Waals surface area contributed by atoms with Gasteiger partial charge in [0.2, 0.25) is 10.0 Å². The average molecular weight is 264 g/mol. The number of nitrogens with one attached hydrogen (secondary N) is 1. The van der Waals surface area contributed by atoms with Crippen molar-refractivity contribution in [1.29, 1.82) is 0 Å². The van der Waals surface area contributed by atoms with Gasteiger partial charge < -0.3 is 5.11 Å². The normalized spacial score (nSPS) is 12.5. The molecule has 0 amide bonds. The van der Waals surface area contributed by atoms with Crippen molar-refractivity contribution in [2.24, 2.45) is 0 Å². The Morgan fingerprint density at radius 1 is 1.31 bits per heavy atom. The third kappa shape index (κ3) is 2.80. The van der Waals surface area contributed by atoms with Gasteiger partial charge in [0.05, 0.1) is 15.5 Å². The summed E-state index contributed by atoms with van der Waals surface area (Å²) in [6.07, 6.45) is 0. The van der Waals surface area contributed by atoms with Gasteiger partial charge in [0.15, 0.2) is 0 Å². The van der Waals surface area contributed by atoms with Gasteiger partial charge in [-0.25, -0.2) is 8.42 Å². The summed E-state index contributed by atoms with van der Waals surface area (Å²) in [5.74, 6) is -0.0105. The molecule has 0 bridgehead atoms. The highest BCUT2D eigenvalue weighted by Gasteiger charge is 2.29. The van der Waals surface area contributed by atoms with Crippen molar-refractivity contribution >= 4 is 27.3 Å². The third-order valence-corrected chi connectivity index (χ3v) is 4.42. The van der Waals surface area contributed by atoms with Gasteiger partial charge >= 0.3 is 0 Å². The smallest absolute Gasteiger partial charge is 0.237 e. The molecule has 0 aliphatic carbocycles. The number of hydrogen-bond acceptors (Lipinski definition) is 3. The third-order valence-electron chi connectivity index (χ3n) is 2.00. The van der Waals surface area contributed by atoms with Crippen LogP contribution >= 0.6 is 11.6 Å². The van der Waals surface area contributed by atoms with E-state index >= 15 is 0 Å². The van der Waals surface area contributed by atoms with Crippen LogP contribution in [0.25, 0.3) is 0 Å². The zero-order chi connectivity index (χ0) is 12.6. The maximum absolute atomic E-state index is 11.8. The van der Waals surface area contributed by atoms with Crippen LogP contribution in [-0.4, -0.2) is 18.3 Å². The van der Waals surface area contributed by atoms with Gasteiger partial charge in [0, 0.05) is 6.07 Å². The van der Waals surface area contributed by atoms with Gasteiger partial charge in [-0.2, -0.15) is 0 Å². The summed E-state index contributed by atoms with van der Waals surface area (Å²) in [6, 6.07) is 4.06. The molecule has 0 fully saturated rings. The number of benzene rings is 1. The SMILES string of the molecule is CC(C)(C)S(=O)(=O)Nc1ccc(O)cc1Cl. The van der Waals surface area contributed by atoms with E-state index in [1.165, 1.54) is 18.2 Å². The number of anilines is 1. The molecule has 4 nitrogen and oxygen atoms in total. The summed E-state index contributed by atoms with van der Waals surface area (Å²) in [7, 11) is -3.50. The van der Waals surface area contributed by atoms with Crippen molar-refractivity contribution in [3.63, 3.8) is 0 Å². The van der Waals surface area contributed by atoms with Crippen molar-refractivity contribution in [2.75, 3.05) is 4.72 Å². The predicted molar refractivity (Wildman–Crippen MR) is 65.4 cm³/mol. The molecule has 2 N–H and O–H groups in total. The first kappa shape index (κ1) is 13.1. The van der Waals surface area contributed by atoms with Crippen LogP contribution < -0.4 is 4.72 Å². The highest BCUT2D eigenvalue weighted by atomic mass is 35.5. The Morgan fingerprint density at radius 3 is 2.31 bits per heavy atom. The minimum Gasteiger partial charge on any atom is -0.508 e. The van der Waals surface area contributed by atoms with E-state index in [1.807, 2.05) is 0 Å². The summed E-state index contributed by atoms with van der Waals surface area (Å²) in [6.45, 7) is 4.76. The molecule has 0 heterocycles. The maximum Gasteiger partial charge on any atom is 0.237 e. The molecule has 0 aliphatic rings. The number of aromatic hydroxyl groups is 1. The van der Waals surface area contributed by atoms with E-state index in [2.05, 4.69) is 4.72 Å². The molecule has 0 atom stereocenters. The maximum atomic E-state index is 11.8. The molecule has 0 unspecified atom stereocenters. The lowest BCUT2D eigenvalue weighted by Crippen LogP contribution is -2.33. The fourth-order valence-corrected chi connectivity index (χ4v) is 1.94. The lowest BCUT2D eigenvalue weighted by molar-refractivity contribution is 0.475. The number of phenols is 1. The summed E-state index contributed by atoms with van der Waals surface area (Å²) in [5.41, 5.74) is 0.259. The second kappa shape index (κ2) is 4.14. The van der Waals surface area contributed by atoms with Crippen LogP contribution in [0, 0.1) is 0 Å². The highest BCUT2D eigenvalue weighted by Crippen LogP contribution is 2.28. The summed E-state index contributed by atoms with van der Waals surface area (Å²) >= 11 is 5.80. The average Bonchev–Trinajstić information content (AvgIpc) is 2.08. The molecule has 0 aliphatic heterocycles. The van der Waals surface area contributed by atoms with Gasteiger partial charge in [-0.05, 0) is 32.9 Å². The molecular weight excluding hydrogens is 250 g/mol. The Kier molecular flexibility index (Phi) is 3.40. The van der Waals surface area contributed by atoms with Crippen molar-refractivity contribution in [2.45, 2.75) is 25.5 Å². The van der Waals surface area contributed by atoms with E-state index in [1.54, 1.807) is 20.8 Å². The number of phenolic OH excluding ortho intramolecular Hbond substituents is 1. The molecule has 90 valence electrons. The van der Waals surface area contributed by atoms with Gasteiger partial charge in [-0.3, -0.25) is 4.72 Å². The molecule has 0 saturated carbocycles. The van der Waals surface area contributed by atoms with E-state index in [0.717, 1.165) is 0 Å². The van der Waals surface area contributed by atoms with Crippen LogP contribution in [0.15, 0.2) is 18.2 Å². The van der Waals surface area contributed by atoms with E-state index in [-0.39, 0.29) is 16.5 Å². The van der Waals surface area contributed by atoms with E-state index < -0.39 is 14.8 Å². The first-order chi connectivity index (χ1) is 7.13. The fourth-order valence-electron chi connectivity index (χ4n) is 0.885. The van der Waals surface area contributed by atoms with Crippen LogP contribution in [0.5, 0.6) is 5.75 Å². The number of sulfonamides is 1.